The molecule has 1 aromatic heterocycles. The predicted octanol–water partition coefficient (Wildman–Crippen LogP) is 2.34. The van der Waals surface area contributed by atoms with E-state index in [-0.39, 0.29) is 17.9 Å². The maximum absolute atomic E-state index is 12.7. The number of carbonyl (C=O) groups excluding carboxylic acids is 2. The first-order valence-electron chi connectivity index (χ1n) is 9.37. The van der Waals surface area contributed by atoms with Gasteiger partial charge in [0.15, 0.2) is 0 Å². The lowest BCUT2D eigenvalue weighted by Crippen LogP contribution is -2.51. The van der Waals surface area contributed by atoms with Gasteiger partial charge in [0, 0.05) is 51.2 Å². The topological polar surface area (TPSA) is 54.8 Å². The lowest BCUT2D eigenvalue weighted by atomic mass is 10.1. The number of aryl methyl sites for hydroxylation is 1. The highest BCUT2D eigenvalue weighted by Crippen LogP contribution is 2.16. The zero-order valence-electron chi connectivity index (χ0n) is 16.2. The van der Waals surface area contributed by atoms with Crippen LogP contribution in [0.4, 0.5) is 0 Å². The molecule has 1 aromatic carbocycles. The van der Waals surface area contributed by atoms with Crippen LogP contribution in [0.3, 0.4) is 0 Å². The Morgan fingerprint density at radius 2 is 1.63 bits per heavy atom. The fourth-order valence-electron chi connectivity index (χ4n) is 3.24. The molecule has 0 aliphatic carbocycles. The Labute approximate surface area is 160 Å². The van der Waals surface area contributed by atoms with Crippen LogP contribution in [-0.4, -0.2) is 58.5 Å². The van der Waals surface area contributed by atoms with Crippen molar-refractivity contribution >= 4 is 11.8 Å². The highest BCUT2D eigenvalue weighted by molar-refractivity contribution is 5.94. The summed E-state index contributed by atoms with van der Waals surface area (Å²) in [5.74, 6) is 0.877. The lowest BCUT2D eigenvalue weighted by Gasteiger charge is -2.35. The summed E-state index contributed by atoms with van der Waals surface area (Å²) in [6.45, 7) is 6.21. The van der Waals surface area contributed by atoms with Crippen molar-refractivity contribution in [3.8, 4) is 5.75 Å². The number of piperazine rings is 1. The highest BCUT2D eigenvalue weighted by Gasteiger charge is 2.25. The molecule has 0 saturated carbocycles. The third kappa shape index (κ3) is 4.90. The van der Waals surface area contributed by atoms with Gasteiger partial charge in [-0.05, 0) is 49.7 Å². The van der Waals surface area contributed by atoms with Crippen molar-refractivity contribution in [2.45, 2.75) is 26.4 Å². The van der Waals surface area contributed by atoms with Crippen LogP contribution in [0.2, 0.25) is 0 Å². The summed E-state index contributed by atoms with van der Waals surface area (Å²) in [4.78, 5) is 28.8. The van der Waals surface area contributed by atoms with Crippen molar-refractivity contribution in [2.24, 2.45) is 7.05 Å². The Hall–Kier alpha value is -2.76. The van der Waals surface area contributed by atoms with Gasteiger partial charge in [0.05, 0.1) is 12.5 Å². The molecule has 1 fully saturated rings. The minimum atomic E-state index is 0.00116. The molecule has 1 aliphatic heterocycles. The van der Waals surface area contributed by atoms with E-state index in [2.05, 4.69) is 0 Å². The van der Waals surface area contributed by atoms with Crippen LogP contribution in [0, 0.1) is 0 Å². The molecule has 2 heterocycles. The van der Waals surface area contributed by atoms with Crippen molar-refractivity contribution in [3.63, 3.8) is 0 Å². The van der Waals surface area contributed by atoms with Gasteiger partial charge in [0.2, 0.25) is 5.91 Å². The second kappa shape index (κ2) is 8.29. The number of hydrogen-bond acceptors (Lipinski definition) is 3. The van der Waals surface area contributed by atoms with Crippen molar-refractivity contribution < 1.29 is 14.3 Å². The average Bonchev–Trinajstić information content (AvgIpc) is 3.06. The second-order valence-electron chi connectivity index (χ2n) is 7.23. The summed E-state index contributed by atoms with van der Waals surface area (Å²) in [6.07, 6.45) is 4.42. The number of benzene rings is 1. The largest absolute Gasteiger partial charge is 0.491 e. The van der Waals surface area contributed by atoms with Crippen LogP contribution in [-0.2, 0) is 18.3 Å². The molecule has 0 radical (unpaired) electrons. The molecular weight excluding hydrogens is 342 g/mol. The number of rotatable bonds is 5. The Bertz CT molecular complexity index is 787. The molecule has 2 aromatic rings. The van der Waals surface area contributed by atoms with Gasteiger partial charge >= 0.3 is 0 Å². The molecule has 27 heavy (non-hydrogen) atoms. The first kappa shape index (κ1) is 19.0. The van der Waals surface area contributed by atoms with E-state index in [4.69, 9.17) is 4.74 Å². The van der Waals surface area contributed by atoms with E-state index in [0.717, 1.165) is 11.3 Å². The molecule has 0 unspecified atom stereocenters. The summed E-state index contributed by atoms with van der Waals surface area (Å²) < 4.78 is 7.56. The van der Waals surface area contributed by atoms with Crippen LogP contribution in [0.25, 0.3) is 0 Å². The third-order valence-corrected chi connectivity index (χ3v) is 4.64. The lowest BCUT2D eigenvalue weighted by molar-refractivity contribution is -0.131. The average molecular weight is 369 g/mol. The van der Waals surface area contributed by atoms with E-state index in [9.17, 15) is 9.59 Å². The SMILES string of the molecule is CC(C)Oc1ccc(C(=O)N2CCN(C(=O)Cc3ccn(C)c3)CC2)cc1. The summed E-state index contributed by atoms with van der Waals surface area (Å²) >= 11 is 0. The number of hydrogen-bond donors (Lipinski definition) is 0. The van der Waals surface area contributed by atoms with Gasteiger partial charge in [-0.3, -0.25) is 9.59 Å². The summed E-state index contributed by atoms with van der Waals surface area (Å²) in [5.41, 5.74) is 1.67. The second-order valence-corrected chi connectivity index (χ2v) is 7.23. The van der Waals surface area contributed by atoms with Crippen LogP contribution < -0.4 is 4.74 Å². The molecule has 2 amide bonds. The van der Waals surface area contributed by atoms with Gasteiger partial charge in [0.1, 0.15) is 5.75 Å². The highest BCUT2D eigenvalue weighted by atomic mass is 16.5. The number of carbonyl (C=O) groups is 2. The normalized spacial score (nSPS) is 14.5. The van der Waals surface area contributed by atoms with Gasteiger partial charge in [-0.1, -0.05) is 0 Å². The van der Waals surface area contributed by atoms with Gasteiger partial charge in [-0.15, -0.1) is 0 Å². The smallest absolute Gasteiger partial charge is 0.253 e. The van der Waals surface area contributed by atoms with E-state index in [1.54, 1.807) is 12.1 Å². The molecule has 0 bridgehead atoms. The van der Waals surface area contributed by atoms with Crippen LogP contribution >= 0.6 is 0 Å². The van der Waals surface area contributed by atoms with Gasteiger partial charge < -0.3 is 19.1 Å². The fraction of sp³-hybridized carbons (Fsp3) is 0.429. The quantitative estimate of drug-likeness (QED) is 0.813. The molecule has 6 nitrogen and oxygen atoms in total. The molecule has 1 saturated heterocycles. The van der Waals surface area contributed by atoms with Crippen molar-refractivity contribution in [1.82, 2.24) is 14.4 Å². The number of nitrogens with zero attached hydrogens (tertiary/aromatic N) is 3. The summed E-state index contributed by atoms with van der Waals surface area (Å²) in [7, 11) is 1.94. The number of amides is 2. The molecular formula is C21H27N3O3. The van der Waals surface area contributed by atoms with Crippen LogP contribution in [0.15, 0.2) is 42.7 Å². The first-order chi connectivity index (χ1) is 12.9. The monoisotopic (exact) mass is 369 g/mol. The number of ether oxygens (including phenoxy) is 1. The van der Waals surface area contributed by atoms with E-state index < -0.39 is 0 Å². The Kier molecular flexibility index (Phi) is 5.84. The fourth-order valence-corrected chi connectivity index (χ4v) is 3.24. The van der Waals surface area contributed by atoms with E-state index in [0.29, 0.717) is 38.2 Å². The molecule has 6 heteroatoms. The Morgan fingerprint density at radius 3 is 2.19 bits per heavy atom. The third-order valence-electron chi connectivity index (χ3n) is 4.64. The van der Waals surface area contributed by atoms with E-state index >= 15 is 0 Å². The van der Waals surface area contributed by atoms with E-state index in [1.165, 1.54) is 0 Å². The van der Waals surface area contributed by atoms with Crippen LogP contribution in [0.5, 0.6) is 5.75 Å². The zero-order chi connectivity index (χ0) is 19.4. The molecule has 0 atom stereocenters. The molecule has 3 rings (SSSR count). The summed E-state index contributed by atoms with van der Waals surface area (Å²) in [5, 5.41) is 0. The minimum absolute atomic E-state index is 0.00116. The summed E-state index contributed by atoms with van der Waals surface area (Å²) in [6, 6.07) is 9.21. The van der Waals surface area contributed by atoms with Gasteiger partial charge in [0.25, 0.3) is 5.91 Å². The molecule has 144 valence electrons. The maximum atomic E-state index is 12.7. The molecule has 0 N–H and O–H groups in total. The van der Waals surface area contributed by atoms with Gasteiger partial charge in [-0.2, -0.15) is 0 Å². The van der Waals surface area contributed by atoms with Crippen molar-refractivity contribution in [2.75, 3.05) is 26.2 Å². The van der Waals surface area contributed by atoms with E-state index in [1.807, 2.05) is 65.9 Å². The first-order valence-corrected chi connectivity index (χ1v) is 9.37. The predicted molar refractivity (Wildman–Crippen MR) is 104 cm³/mol. The maximum Gasteiger partial charge on any atom is 0.253 e. The van der Waals surface area contributed by atoms with Gasteiger partial charge in [-0.25, -0.2) is 0 Å². The standard InChI is InChI=1S/C21H27N3O3/c1-16(2)27-19-6-4-18(5-7-19)21(26)24-12-10-23(11-13-24)20(25)14-17-8-9-22(3)15-17/h4-9,15-16H,10-14H2,1-3H3. The zero-order valence-corrected chi connectivity index (χ0v) is 16.2. The number of aromatic nitrogens is 1. The Balaban J connectivity index is 1.52. The molecule has 0 spiro atoms. The van der Waals surface area contributed by atoms with Crippen LogP contribution in [0.1, 0.15) is 29.8 Å². The molecule has 1 aliphatic rings. The van der Waals surface area contributed by atoms with Crippen molar-refractivity contribution in [3.05, 3.63) is 53.9 Å². The Morgan fingerprint density at radius 1 is 1.00 bits per heavy atom. The minimum Gasteiger partial charge on any atom is -0.491 e. The van der Waals surface area contributed by atoms with Crippen molar-refractivity contribution in [1.29, 1.82) is 0 Å².